The minimum atomic E-state index is 0.281. The van der Waals surface area contributed by atoms with Gasteiger partial charge in [0, 0.05) is 12.1 Å². The fourth-order valence-corrected chi connectivity index (χ4v) is 3.26. The Morgan fingerprint density at radius 1 is 1.32 bits per heavy atom. The van der Waals surface area contributed by atoms with Crippen LogP contribution < -0.4 is 0 Å². The third-order valence-corrected chi connectivity index (χ3v) is 4.16. The number of benzene rings is 1. The Hall–Kier alpha value is -1.33. The number of piperidine rings is 1. The maximum absolute atomic E-state index is 9.17. The van der Waals surface area contributed by atoms with Crippen LogP contribution in [0.5, 0.6) is 0 Å². The molecule has 1 heterocycles. The first-order valence-electron chi connectivity index (χ1n) is 7.54. The molecular weight excluding hydrogens is 232 g/mol. The molecule has 1 saturated heterocycles. The zero-order chi connectivity index (χ0) is 13.5. The van der Waals surface area contributed by atoms with Crippen molar-refractivity contribution >= 4 is 0 Å². The Bertz CT molecular complexity index is 405. The fraction of sp³-hybridized carbons (Fsp3) is 0.588. The topological polar surface area (TPSA) is 27.0 Å². The molecule has 19 heavy (non-hydrogen) atoms. The number of likely N-dealkylation sites (tertiary alicyclic amines) is 1. The molecule has 2 atom stereocenters. The minimum absolute atomic E-state index is 0.281. The number of rotatable bonds is 5. The molecule has 0 aromatic heterocycles. The predicted octanol–water partition coefficient (Wildman–Crippen LogP) is 4.30. The molecule has 0 saturated carbocycles. The van der Waals surface area contributed by atoms with Crippen LogP contribution >= 0.6 is 0 Å². The van der Waals surface area contributed by atoms with E-state index in [1.807, 2.05) is 6.07 Å². The molecule has 102 valence electrons. The van der Waals surface area contributed by atoms with Crippen LogP contribution in [0.25, 0.3) is 0 Å². The third-order valence-electron chi connectivity index (χ3n) is 4.16. The number of nitrogens with zero attached hydrogens (tertiary/aromatic N) is 2. The first kappa shape index (κ1) is 14.1. The van der Waals surface area contributed by atoms with Crippen molar-refractivity contribution in [1.82, 2.24) is 4.90 Å². The van der Waals surface area contributed by atoms with Gasteiger partial charge in [-0.25, -0.2) is 0 Å². The molecule has 1 aromatic rings. The van der Waals surface area contributed by atoms with Gasteiger partial charge in [0.1, 0.15) is 0 Å². The van der Waals surface area contributed by atoms with E-state index < -0.39 is 0 Å². The summed E-state index contributed by atoms with van der Waals surface area (Å²) in [4.78, 5) is 2.59. The van der Waals surface area contributed by atoms with Crippen molar-refractivity contribution in [2.75, 3.05) is 6.54 Å². The number of hydrogen-bond donors (Lipinski definition) is 0. The second-order valence-corrected chi connectivity index (χ2v) is 5.46. The summed E-state index contributed by atoms with van der Waals surface area (Å²) in [6.45, 7) is 3.40. The van der Waals surface area contributed by atoms with Gasteiger partial charge < -0.3 is 0 Å². The number of hydrogen-bond acceptors (Lipinski definition) is 2. The van der Waals surface area contributed by atoms with Gasteiger partial charge in [-0.15, -0.1) is 0 Å². The van der Waals surface area contributed by atoms with E-state index in [4.69, 9.17) is 5.26 Å². The summed E-state index contributed by atoms with van der Waals surface area (Å²) in [5.74, 6) is 0. The second-order valence-electron chi connectivity index (χ2n) is 5.46. The molecule has 0 radical (unpaired) electrons. The zero-order valence-electron chi connectivity index (χ0n) is 11.9. The zero-order valence-corrected chi connectivity index (χ0v) is 11.9. The van der Waals surface area contributed by atoms with Gasteiger partial charge in [-0.1, -0.05) is 50.1 Å². The van der Waals surface area contributed by atoms with Crippen LogP contribution in [-0.2, 0) is 0 Å². The molecule has 0 N–H and O–H groups in total. The standard InChI is InChI=1S/C17H24N2/c1-2-8-16-11-6-7-14-19(16)17(12-13-18)15-9-4-3-5-10-15/h3-5,9-10,16-17H,2,6-8,11-12,14H2,1H3. The van der Waals surface area contributed by atoms with Crippen LogP contribution in [0.1, 0.15) is 57.1 Å². The Morgan fingerprint density at radius 3 is 2.79 bits per heavy atom. The highest BCUT2D eigenvalue weighted by molar-refractivity contribution is 5.20. The SMILES string of the molecule is CCCC1CCCCN1C(CC#N)c1ccccc1. The third kappa shape index (κ3) is 3.58. The molecule has 2 heteroatoms. The Labute approximate surface area is 117 Å². The van der Waals surface area contributed by atoms with E-state index in [1.54, 1.807) is 0 Å². The maximum Gasteiger partial charge on any atom is 0.0641 e. The predicted molar refractivity (Wildman–Crippen MR) is 78.7 cm³/mol. The summed E-state index contributed by atoms with van der Waals surface area (Å²) in [6, 6.07) is 13.9. The first-order valence-corrected chi connectivity index (χ1v) is 7.54. The van der Waals surface area contributed by atoms with E-state index in [-0.39, 0.29) is 6.04 Å². The summed E-state index contributed by atoms with van der Waals surface area (Å²) in [5, 5.41) is 9.17. The molecule has 2 nitrogen and oxygen atoms in total. The molecule has 1 aromatic carbocycles. The fourth-order valence-electron chi connectivity index (χ4n) is 3.26. The molecule has 2 unspecified atom stereocenters. The summed E-state index contributed by atoms with van der Waals surface area (Å²) in [7, 11) is 0. The maximum atomic E-state index is 9.17. The highest BCUT2D eigenvalue weighted by Gasteiger charge is 2.28. The monoisotopic (exact) mass is 256 g/mol. The minimum Gasteiger partial charge on any atom is -0.292 e. The molecule has 0 spiro atoms. The largest absolute Gasteiger partial charge is 0.292 e. The lowest BCUT2D eigenvalue weighted by atomic mass is 9.92. The van der Waals surface area contributed by atoms with Crippen LogP contribution in [0.15, 0.2) is 30.3 Å². The normalized spacial score (nSPS) is 21.8. The average molecular weight is 256 g/mol. The van der Waals surface area contributed by atoms with E-state index in [9.17, 15) is 0 Å². The van der Waals surface area contributed by atoms with Crippen LogP contribution in [0.4, 0.5) is 0 Å². The van der Waals surface area contributed by atoms with Gasteiger partial charge in [0.25, 0.3) is 0 Å². The molecule has 0 amide bonds. The van der Waals surface area contributed by atoms with Crippen LogP contribution in [-0.4, -0.2) is 17.5 Å². The van der Waals surface area contributed by atoms with Crippen molar-refractivity contribution in [3.63, 3.8) is 0 Å². The van der Waals surface area contributed by atoms with E-state index in [0.29, 0.717) is 12.5 Å². The molecule has 0 aliphatic carbocycles. The lowest BCUT2D eigenvalue weighted by Crippen LogP contribution is -2.41. The van der Waals surface area contributed by atoms with E-state index >= 15 is 0 Å². The van der Waals surface area contributed by atoms with Crippen molar-refractivity contribution in [2.45, 2.75) is 57.5 Å². The summed E-state index contributed by atoms with van der Waals surface area (Å²) < 4.78 is 0. The first-order chi connectivity index (χ1) is 9.36. The quantitative estimate of drug-likeness (QED) is 0.785. The summed E-state index contributed by atoms with van der Waals surface area (Å²) in [6.07, 6.45) is 7.00. The van der Waals surface area contributed by atoms with Crippen molar-refractivity contribution < 1.29 is 0 Å². The average Bonchev–Trinajstić information content (AvgIpc) is 2.47. The van der Waals surface area contributed by atoms with E-state index in [1.165, 1.54) is 37.7 Å². The van der Waals surface area contributed by atoms with Crippen molar-refractivity contribution in [3.05, 3.63) is 35.9 Å². The molecular formula is C17H24N2. The van der Waals surface area contributed by atoms with Gasteiger partial charge >= 0.3 is 0 Å². The molecule has 1 aliphatic heterocycles. The highest BCUT2D eigenvalue weighted by atomic mass is 15.2. The van der Waals surface area contributed by atoms with Gasteiger partial charge in [-0.2, -0.15) is 5.26 Å². The highest BCUT2D eigenvalue weighted by Crippen LogP contribution is 2.32. The van der Waals surface area contributed by atoms with Gasteiger partial charge in [0.05, 0.1) is 12.5 Å². The van der Waals surface area contributed by atoms with Crippen molar-refractivity contribution in [3.8, 4) is 6.07 Å². The van der Waals surface area contributed by atoms with Crippen LogP contribution in [0, 0.1) is 11.3 Å². The Kier molecular flexibility index (Phi) is 5.42. The van der Waals surface area contributed by atoms with Crippen LogP contribution in [0.3, 0.4) is 0 Å². The summed E-state index contributed by atoms with van der Waals surface area (Å²) in [5.41, 5.74) is 1.30. The lowest BCUT2D eigenvalue weighted by molar-refractivity contribution is 0.0894. The summed E-state index contributed by atoms with van der Waals surface area (Å²) >= 11 is 0. The molecule has 1 aliphatic rings. The smallest absolute Gasteiger partial charge is 0.0641 e. The van der Waals surface area contributed by atoms with Crippen LogP contribution in [0.2, 0.25) is 0 Å². The molecule has 1 fully saturated rings. The lowest BCUT2D eigenvalue weighted by Gasteiger charge is -2.41. The number of nitriles is 1. The van der Waals surface area contributed by atoms with Gasteiger partial charge in [-0.05, 0) is 31.4 Å². The van der Waals surface area contributed by atoms with Crippen molar-refractivity contribution in [1.29, 1.82) is 5.26 Å². The van der Waals surface area contributed by atoms with Gasteiger partial charge in [0.15, 0.2) is 0 Å². The van der Waals surface area contributed by atoms with E-state index in [2.05, 4.69) is 42.2 Å². The van der Waals surface area contributed by atoms with Crippen molar-refractivity contribution in [2.24, 2.45) is 0 Å². The Balaban J connectivity index is 2.19. The Morgan fingerprint density at radius 2 is 2.11 bits per heavy atom. The molecule has 2 rings (SSSR count). The van der Waals surface area contributed by atoms with Gasteiger partial charge in [0.2, 0.25) is 0 Å². The second kappa shape index (κ2) is 7.31. The van der Waals surface area contributed by atoms with Gasteiger partial charge in [-0.3, -0.25) is 4.90 Å². The van der Waals surface area contributed by atoms with E-state index in [0.717, 1.165) is 6.54 Å². The molecule has 0 bridgehead atoms.